The van der Waals surface area contributed by atoms with Crippen molar-refractivity contribution in [1.82, 2.24) is 4.98 Å². The fraction of sp³-hybridized carbons (Fsp3) is 0.688. The number of aromatic nitrogens is 1. The van der Waals surface area contributed by atoms with Crippen LogP contribution in [-0.4, -0.2) is 24.6 Å². The van der Waals surface area contributed by atoms with Crippen LogP contribution in [0.15, 0.2) is 18.3 Å². The Balaban J connectivity index is 2.09. The molecule has 0 amide bonds. The summed E-state index contributed by atoms with van der Waals surface area (Å²) in [7, 11) is 0. The molecule has 1 aromatic rings. The van der Waals surface area contributed by atoms with E-state index in [-0.39, 0.29) is 0 Å². The Hall–Kier alpha value is -1.09. The quantitative estimate of drug-likeness (QED) is 0.906. The Kier molecular flexibility index (Phi) is 5.20. The maximum absolute atomic E-state index is 5.71. The second-order valence-electron chi connectivity index (χ2n) is 5.95. The van der Waals surface area contributed by atoms with Crippen molar-refractivity contribution < 1.29 is 0 Å². The first-order valence-corrected chi connectivity index (χ1v) is 7.61. The fourth-order valence-corrected chi connectivity index (χ4v) is 3.07. The Morgan fingerprint density at radius 1 is 1.37 bits per heavy atom. The largest absolute Gasteiger partial charge is 0.356 e. The topological polar surface area (TPSA) is 42.2 Å². The van der Waals surface area contributed by atoms with Crippen LogP contribution in [0.1, 0.15) is 38.7 Å². The summed E-state index contributed by atoms with van der Waals surface area (Å²) in [4.78, 5) is 7.07. The van der Waals surface area contributed by atoms with E-state index in [9.17, 15) is 0 Å². The van der Waals surface area contributed by atoms with E-state index in [1.807, 2.05) is 12.3 Å². The molecule has 2 heterocycles. The van der Waals surface area contributed by atoms with Crippen molar-refractivity contribution in [2.24, 2.45) is 17.6 Å². The van der Waals surface area contributed by atoms with Crippen molar-refractivity contribution >= 4 is 5.82 Å². The standard InChI is InChI=1S/C16H27N3/c1-13(2)14-6-4-11-19(12-8-14)16-15(7-9-17)5-3-10-18-16/h3,5,10,13-14H,4,6-9,11-12,17H2,1-2H3. The monoisotopic (exact) mass is 261 g/mol. The minimum absolute atomic E-state index is 0.696. The summed E-state index contributed by atoms with van der Waals surface area (Å²) in [5.41, 5.74) is 7.00. The third-order valence-corrected chi connectivity index (χ3v) is 4.30. The molecular formula is C16H27N3. The van der Waals surface area contributed by atoms with E-state index < -0.39 is 0 Å². The minimum atomic E-state index is 0.696. The average Bonchev–Trinajstić information content (AvgIpc) is 2.65. The molecule has 3 nitrogen and oxygen atoms in total. The Morgan fingerprint density at radius 3 is 2.95 bits per heavy atom. The third-order valence-electron chi connectivity index (χ3n) is 4.30. The van der Waals surface area contributed by atoms with Crippen LogP contribution in [0.4, 0.5) is 5.82 Å². The van der Waals surface area contributed by atoms with E-state index in [2.05, 4.69) is 29.8 Å². The molecule has 0 aromatic carbocycles. The molecule has 0 saturated carbocycles. The highest BCUT2D eigenvalue weighted by Crippen LogP contribution is 2.27. The Labute approximate surface area is 117 Å². The summed E-state index contributed by atoms with van der Waals surface area (Å²) in [5.74, 6) is 2.83. The molecule has 1 saturated heterocycles. The molecule has 19 heavy (non-hydrogen) atoms. The van der Waals surface area contributed by atoms with Gasteiger partial charge >= 0.3 is 0 Å². The maximum atomic E-state index is 5.71. The van der Waals surface area contributed by atoms with Gasteiger partial charge in [0.25, 0.3) is 0 Å². The predicted molar refractivity (Wildman–Crippen MR) is 81.4 cm³/mol. The molecule has 0 bridgehead atoms. The van der Waals surface area contributed by atoms with Crippen LogP contribution in [0.3, 0.4) is 0 Å². The van der Waals surface area contributed by atoms with Gasteiger partial charge in [0.2, 0.25) is 0 Å². The lowest BCUT2D eigenvalue weighted by molar-refractivity contribution is 0.351. The number of nitrogens with two attached hydrogens (primary N) is 1. The molecule has 3 heteroatoms. The molecule has 1 atom stereocenters. The van der Waals surface area contributed by atoms with Gasteiger partial charge in [0.15, 0.2) is 0 Å². The van der Waals surface area contributed by atoms with Gasteiger partial charge in [0.1, 0.15) is 5.82 Å². The van der Waals surface area contributed by atoms with Gasteiger partial charge in [-0.1, -0.05) is 19.9 Å². The first-order chi connectivity index (χ1) is 9.22. The molecule has 1 unspecified atom stereocenters. The van der Waals surface area contributed by atoms with Crippen molar-refractivity contribution in [1.29, 1.82) is 0 Å². The molecule has 0 aliphatic carbocycles. The molecule has 1 aliphatic heterocycles. The van der Waals surface area contributed by atoms with E-state index >= 15 is 0 Å². The van der Waals surface area contributed by atoms with Gasteiger partial charge in [-0.3, -0.25) is 0 Å². The summed E-state index contributed by atoms with van der Waals surface area (Å²) in [6.45, 7) is 7.66. The van der Waals surface area contributed by atoms with Crippen LogP contribution < -0.4 is 10.6 Å². The molecule has 1 fully saturated rings. The van der Waals surface area contributed by atoms with Crippen molar-refractivity contribution in [2.75, 3.05) is 24.5 Å². The van der Waals surface area contributed by atoms with Crippen molar-refractivity contribution in [3.05, 3.63) is 23.9 Å². The van der Waals surface area contributed by atoms with E-state index in [1.54, 1.807) is 0 Å². The van der Waals surface area contributed by atoms with Gasteiger partial charge in [-0.15, -0.1) is 0 Å². The van der Waals surface area contributed by atoms with Crippen LogP contribution in [0.25, 0.3) is 0 Å². The molecule has 2 rings (SSSR count). The number of anilines is 1. The zero-order valence-corrected chi connectivity index (χ0v) is 12.3. The van der Waals surface area contributed by atoms with Crippen molar-refractivity contribution in [3.8, 4) is 0 Å². The SMILES string of the molecule is CC(C)C1CCCN(c2ncccc2CCN)CC1. The lowest BCUT2D eigenvalue weighted by Gasteiger charge is -2.24. The molecule has 1 aromatic heterocycles. The summed E-state index contributed by atoms with van der Waals surface area (Å²) >= 11 is 0. The first kappa shape index (κ1) is 14.3. The minimum Gasteiger partial charge on any atom is -0.356 e. The lowest BCUT2D eigenvalue weighted by atomic mass is 9.89. The summed E-state index contributed by atoms with van der Waals surface area (Å²) in [6.07, 6.45) is 6.75. The molecule has 1 aliphatic rings. The molecular weight excluding hydrogens is 234 g/mol. The highest BCUT2D eigenvalue weighted by atomic mass is 15.2. The highest BCUT2D eigenvalue weighted by Gasteiger charge is 2.21. The summed E-state index contributed by atoms with van der Waals surface area (Å²) < 4.78 is 0. The predicted octanol–water partition coefficient (Wildman–Crippen LogP) is 2.85. The average molecular weight is 261 g/mol. The highest BCUT2D eigenvalue weighted by molar-refractivity contribution is 5.47. The normalized spacial score (nSPS) is 20.6. The van der Waals surface area contributed by atoms with Crippen molar-refractivity contribution in [3.63, 3.8) is 0 Å². The van der Waals surface area contributed by atoms with Crippen LogP contribution in [0.2, 0.25) is 0 Å². The van der Waals surface area contributed by atoms with Gasteiger partial charge in [-0.2, -0.15) is 0 Å². The fourth-order valence-electron chi connectivity index (χ4n) is 3.07. The second kappa shape index (κ2) is 6.90. The third kappa shape index (κ3) is 3.69. The zero-order valence-electron chi connectivity index (χ0n) is 12.3. The number of nitrogens with zero attached hydrogens (tertiary/aromatic N) is 2. The van der Waals surface area contributed by atoms with Gasteiger partial charge < -0.3 is 10.6 Å². The molecule has 106 valence electrons. The number of pyridine rings is 1. The Bertz CT molecular complexity index is 389. The van der Waals surface area contributed by atoms with Crippen LogP contribution in [-0.2, 0) is 6.42 Å². The summed E-state index contributed by atoms with van der Waals surface area (Å²) in [6, 6.07) is 4.18. The van der Waals surface area contributed by atoms with Gasteiger partial charge in [-0.05, 0) is 55.7 Å². The van der Waals surface area contributed by atoms with E-state index in [1.165, 1.54) is 24.8 Å². The summed E-state index contributed by atoms with van der Waals surface area (Å²) in [5, 5.41) is 0. The van der Waals surface area contributed by atoms with Gasteiger partial charge in [0, 0.05) is 19.3 Å². The zero-order chi connectivity index (χ0) is 13.7. The van der Waals surface area contributed by atoms with Crippen molar-refractivity contribution in [2.45, 2.75) is 39.5 Å². The van der Waals surface area contributed by atoms with E-state index in [0.717, 1.165) is 37.2 Å². The van der Waals surface area contributed by atoms with Crippen LogP contribution in [0.5, 0.6) is 0 Å². The second-order valence-corrected chi connectivity index (χ2v) is 5.95. The number of rotatable bonds is 4. The van der Waals surface area contributed by atoms with E-state index in [4.69, 9.17) is 5.73 Å². The van der Waals surface area contributed by atoms with Gasteiger partial charge in [0.05, 0.1) is 0 Å². The molecule has 0 spiro atoms. The van der Waals surface area contributed by atoms with E-state index in [0.29, 0.717) is 6.54 Å². The first-order valence-electron chi connectivity index (χ1n) is 7.61. The van der Waals surface area contributed by atoms with Gasteiger partial charge in [-0.25, -0.2) is 4.98 Å². The molecule has 2 N–H and O–H groups in total. The lowest BCUT2D eigenvalue weighted by Crippen LogP contribution is -2.27. The number of hydrogen-bond donors (Lipinski definition) is 1. The Morgan fingerprint density at radius 2 is 2.21 bits per heavy atom. The van der Waals surface area contributed by atoms with Crippen LogP contribution >= 0.6 is 0 Å². The molecule has 0 radical (unpaired) electrons. The van der Waals surface area contributed by atoms with Crippen LogP contribution in [0, 0.1) is 11.8 Å². The smallest absolute Gasteiger partial charge is 0.131 e. The maximum Gasteiger partial charge on any atom is 0.131 e. The number of hydrogen-bond acceptors (Lipinski definition) is 3.